The minimum absolute atomic E-state index is 0.00511. The van der Waals surface area contributed by atoms with Gasteiger partial charge in [0.25, 0.3) is 0 Å². The SMILES string of the molecule is COc1cc(-c2cnc3cc(OCC(N)C4CCCO4)ccn23)cc(OC(F)F)c1C(=O)CC1CC1. The van der Waals surface area contributed by atoms with Gasteiger partial charge in [-0.2, -0.15) is 8.78 Å². The number of alkyl halides is 2. The number of nitrogens with zero attached hydrogens (tertiary/aromatic N) is 2. The van der Waals surface area contributed by atoms with Crippen molar-refractivity contribution >= 4 is 11.4 Å². The lowest BCUT2D eigenvalue weighted by Crippen LogP contribution is -2.39. The molecule has 2 unspecified atom stereocenters. The number of methoxy groups -OCH3 is 1. The van der Waals surface area contributed by atoms with Crippen LogP contribution in [0.3, 0.4) is 0 Å². The molecule has 2 atom stereocenters. The van der Waals surface area contributed by atoms with E-state index in [2.05, 4.69) is 4.98 Å². The second-order valence-corrected chi connectivity index (χ2v) is 9.26. The molecular weight excluding hydrogens is 472 g/mol. The molecular formula is C26H29F2N3O5. The Morgan fingerprint density at radius 2 is 2.06 bits per heavy atom. The molecule has 2 aliphatic rings. The van der Waals surface area contributed by atoms with Crippen LogP contribution in [0.2, 0.25) is 0 Å². The first kappa shape index (κ1) is 24.5. The van der Waals surface area contributed by atoms with Crippen LogP contribution in [0, 0.1) is 5.92 Å². The summed E-state index contributed by atoms with van der Waals surface area (Å²) in [4.78, 5) is 17.3. The summed E-state index contributed by atoms with van der Waals surface area (Å²) in [6, 6.07) is 6.41. The number of carbonyl (C=O) groups is 1. The largest absolute Gasteiger partial charge is 0.496 e. The highest BCUT2D eigenvalue weighted by Crippen LogP contribution is 2.40. The van der Waals surface area contributed by atoms with Crippen LogP contribution in [0.25, 0.3) is 16.9 Å². The molecule has 2 fully saturated rings. The summed E-state index contributed by atoms with van der Waals surface area (Å²) in [6.07, 6.45) is 7.54. The number of benzene rings is 1. The van der Waals surface area contributed by atoms with E-state index in [1.165, 1.54) is 13.2 Å². The summed E-state index contributed by atoms with van der Waals surface area (Å²) in [6.45, 7) is -2.04. The van der Waals surface area contributed by atoms with Gasteiger partial charge in [0.15, 0.2) is 5.78 Å². The molecule has 36 heavy (non-hydrogen) atoms. The zero-order valence-corrected chi connectivity index (χ0v) is 20.0. The van der Waals surface area contributed by atoms with Gasteiger partial charge in [-0.3, -0.25) is 9.20 Å². The standard InChI is InChI=1S/C26H29F2N3O5/c1-33-22-10-16(11-23(36-26(27)28)25(22)20(32)9-15-4-5-15)19-13-30-24-12-17(6-7-31(19)24)35-14-18(29)21-3-2-8-34-21/h6-7,10-13,15,18,21,26H,2-5,8-9,14,29H2,1H3. The quantitative estimate of drug-likeness (QED) is 0.387. The average Bonchev–Trinajstić information content (AvgIpc) is 3.32. The van der Waals surface area contributed by atoms with Gasteiger partial charge in [-0.25, -0.2) is 4.98 Å². The van der Waals surface area contributed by atoms with E-state index < -0.39 is 6.61 Å². The number of Topliss-reactive ketones (excluding diaryl/α,β-unsaturated/α-hetero) is 1. The van der Waals surface area contributed by atoms with Crippen LogP contribution in [0.1, 0.15) is 42.5 Å². The van der Waals surface area contributed by atoms with Crippen molar-refractivity contribution in [2.75, 3.05) is 20.3 Å². The summed E-state index contributed by atoms with van der Waals surface area (Å²) in [5, 5.41) is 0. The number of imidazole rings is 1. The number of nitrogens with two attached hydrogens (primary N) is 1. The van der Waals surface area contributed by atoms with Gasteiger partial charge in [0.2, 0.25) is 0 Å². The first-order chi connectivity index (χ1) is 17.4. The molecule has 8 nitrogen and oxygen atoms in total. The summed E-state index contributed by atoms with van der Waals surface area (Å²) >= 11 is 0. The number of fused-ring (bicyclic) bond motifs is 1. The van der Waals surface area contributed by atoms with Crippen molar-refractivity contribution in [3.05, 3.63) is 42.2 Å². The van der Waals surface area contributed by atoms with Crippen molar-refractivity contribution in [2.24, 2.45) is 11.7 Å². The number of aromatic nitrogens is 2. The van der Waals surface area contributed by atoms with Gasteiger partial charge in [0.1, 0.15) is 35.1 Å². The Kier molecular flexibility index (Phi) is 7.06. The predicted octanol–water partition coefficient (Wildman–Crippen LogP) is 4.48. The van der Waals surface area contributed by atoms with Gasteiger partial charge in [-0.15, -0.1) is 0 Å². The van der Waals surface area contributed by atoms with Crippen molar-refractivity contribution in [3.63, 3.8) is 0 Å². The zero-order chi connectivity index (χ0) is 25.2. The van der Waals surface area contributed by atoms with Gasteiger partial charge in [-0.05, 0) is 49.8 Å². The summed E-state index contributed by atoms with van der Waals surface area (Å²) < 4.78 is 50.0. The molecule has 1 aliphatic carbocycles. The van der Waals surface area contributed by atoms with Gasteiger partial charge >= 0.3 is 6.61 Å². The molecule has 1 saturated heterocycles. The monoisotopic (exact) mass is 501 g/mol. The summed E-state index contributed by atoms with van der Waals surface area (Å²) in [5.74, 6) is 0.609. The van der Waals surface area contributed by atoms with Crippen LogP contribution < -0.4 is 19.9 Å². The molecule has 2 aromatic heterocycles. The fourth-order valence-electron chi connectivity index (χ4n) is 4.55. The molecule has 1 aromatic carbocycles. The number of ether oxygens (including phenoxy) is 4. The fourth-order valence-corrected chi connectivity index (χ4v) is 4.55. The van der Waals surface area contributed by atoms with Crippen LogP contribution in [-0.2, 0) is 4.74 Å². The van der Waals surface area contributed by atoms with Crippen LogP contribution in [0.5, 0.6) is 17.2 Å². The molecule has 2 N–H and O–H groups in total. The first-order valence-electron chi connectivity index (χ1n) is 12.1. The Morgan fingerprint density at radius 3 is 2.75 bits per heavy atom. The smallest absolute Gasteiger partial charge is 0.387 e. The minimum atomic E-state index is -3.08. The topological polar surface area (TPSA) is 97.3 Å². The van der Waals surface area contributed by atoms with E-state index in [0.29, 0.717) is 29.3 Å². The van der Waals surface area contributed by atoms with Crippen molar-refractivity contribution < 1.29 is 32.5 Å². The molecule has 1 aliphatic heterocycles. The molecule has 192 valence electrons. The highest BCUT2D eigenvalue weighted by Gasteiger charge is 2.30. The zero-order valence-electron chi connectivity index (χ0n) is 20.0. The number of carbonyl (C=O) groups excluding carboxylic acids is 1. The van der Waals surface area contributed by atoms with E-state index in [9.17, 15) is 13.6 Å². The van der Waals surface area contributed by atoms with E-state index in [-0.39, 0.29) is 47.3 Å². The third-order valence-electron chi connectivity index (χ3n) is 6.62. The van der Waals surface area contributed by atoms with Crippen molar-refractivity contribution in [1.29, 1.82) is 0 Å². The Morgan fingerprint density at radius 1 is 1.25 bits per heavy atom. The van der Waals surface area contributed by atoms with E-state index in [0.717, 1.165) is 32.3 Å². The van der Waals surface area contributed by atoms with Crippen LogP contribution in [0.15, 0.2) is 36.7 Å². The van der Waals surface area contributed by atoms with Gasteiger partial charge in [0, 0.05) is 30.9 Å². The second kappa shape index (κ2) is 10.4. The Hall–Kier alpha value is -3.24. The summed E-state index contributed by atoms with van der Waals surface area (Å²) in [7, 11) is 1.40. The van der Waals surface area contributed by atoms with Gasteiger partial charge in [0.05, 0.1) is 31.1 Å². The number of pyridine rings is 1. The van der Waals surface area contributed by atoms with Crippen LogP contribution in [-0.4, -0.2) is 54.2 Å². The van der Waals surface area contributed by atoms with Crippen molar-refractivity contribution in [1.82, 2.24) is 9.38 Å². The maximum Gasteiger partial charge on any atom is 0.387 e. The highest BCUT2D eigenvalue weighted by molar-refractivity contribution is 6.02. The Labute approximate surface area is 207 Å². The third-order valence-corrected chi connectivity index (χ3v) is 6.62. The molecule has 0 bridgehead atoms. The van der Waals surface area contributed by atoms with E-state index in [1.54, 1.807) is 35.0 Å². The van der Waals surface area contributed by atoms with Crippen molar-refractivity contribution in [3.8, 4) is 28.5 Å². The molecule has 1 saturated carbocycles. The number of halogens is 2. The number of rotatable bonds is 11. The highest BCUT2D eigenvalue weighted by atomic mass is 19.3. The van der Waals surface area contributed by atoms with Gasteiger partial charge < -0.3 is 24.7 Å². The predicted molar refractivity (Wildman–Crippen MR) is 128 cm³/mol. The number of hydrogen-bond acceptors (Lipinski definition) is 7. The molecule has 10 heteroatoms. The third kappa shape index (κ3) is 5.29. The van der Waals surface area contributed by atoms with Crippen molar-refractivity contribution in [2.45, 2.75) is 50.9 Å². The molecule has 0 spiro atoms. The molecule has 3 aromatic rings. The van der Waals surface area contributed by atoms with E-state index in [1.807, 2.05) is 0 Å². The first-order valence-corrected chi connectivity index (χ1v) is 12.1. The lowest BCUT2D eigenvalue weighted by Gasteiger charge is -2.19. The van der Waals surface area contributed by atoms with Crippen LogP contribution in [0.4, 0.5) is 8.78 Å². The maximum atomic E-state index is 13.3. The Bertz CT molecular complexity index is 1240. The summed E-state index contributed by atoms with van der Waals surface area (Å²) in [5.41, 5.74) is 7.96. The second-order valence-electron chi connectivity index (χ2n) is 9.26. The number of hydrogen-bond donors (Lipinski definition) is 1. The van der Waals surface area contributed by atoms with E-state index in [4.69, 9.17) is 24.7 Å². The fraction of sp³-hybridized carbons (Fsp3) is 0.462. The van der Waals surface area contributed by atoms with Crippen LogP contribution >= 0.6 is 0 Å². The average molecular weight is 502 g/mol. The minimum Gasteiger partial charge on any atom is -0.496 e. The molecule has 0 amide bonds. The maximum absolute atomic E-state index is 13.3. The molecule has 3 heterocycles. The Balaban J connectivity index is 1.42. The van der Waals surface area contributed by atoms with Gasteiger partial charge in [-0.1, -0.05) is 0 Å². The molecule has 0 radical (unpaired) electrons. The number of ketones is 1. The lowest BCUT2D eigenvalue weighted by atomic mass is 10.00. The molecule has 5 rings (SSSR count). The van der Waals surface area contributed by atoms with E-state index >= 15 is 0 Å². The lowest BCUT2D eigenvalue weighted by molar-refractivity contribution is -0.0502. The normalized spacial score (nSPS) is 18.5.